The van der Waals surface area contributed by atoms with Gasteiger partial charge in [0.15, 0.2) is 0 Å². The molecule has 0 aromatic heterocycles. The average Bonchev–Trinajstić information content (AvgIpc) is 2.93. The number of hydrogen-bond donors (Lipinski definition) is 1. The summed E-state index contributed by atoms with van der Waals surface area (Å²) in [5, 5.41) is 10.7. The minimum Gasteiger partial charge on any atom is -0.496 e. The fraction of sp³-hybridized carbons (Fsp3) is 0.739. The number of methoxy groups -OCH3 is 1. The van der Waals surface area contributed by atoms with Gasteiger partial charge >= 0.3 is 0 Å². The summed E-state index contributed by atoms with van der Waals surface area (Å²) in [6, 6.07) is 8.55. The maximum absolute atomic E-state index is 10.7. The van der Waals surface area contributed by atoms with Crippen LogP contribution in [-0.4, -0.2) is 41.8 Å². The number of benzene rings is 1. The third kappa shape index (κ3) is 2.97. The Morgan fingerprint density at radius 3 is 2.62 bits per heavy atom. The molecule has 1 N–H and O–H groups in total. The normalized spacial score (nSPS) is 37.9. The maximum Gasteiger partial charge on any atom is 0.122 e. The summed E-state index contributed by atoms with van der Waals surface area (Å²) >= 11 is 0. The third-order valence-corrected chi connectivity index (χ3v) is 7.90. The molecule has 2 saturated carbocycles. The standard InChI is InChI=1S/C23H35NO2/c1-15-9-10-20(21(25)11-15)23(2,3)24-13-16-12-18(19(16)14-24)17-7-5-6-8-22(17)26-4/h5-8,15-16,18-21,25H,9-14H2,1-4H3/t15-,16-,18-,19+,20-,21-/m1/s1. The first kappa shape index (κ1) is 18.3. The van der Waals surface area contributed by atoms with Gasteiger partial charge in [-0.2, -0.15) is 0 Å². The minimum absolute atomic E-state index is 0.0855. The Labute approximate surface area is 158 Å². The van der Waals surface area contributed by atoms with Crippen molar-refractivity contribution < 1.29 is 9.84 Å². The Morgan fingerprint density at radius 2 is 1.88 bits per heavy atom. The first-order valence-corrected chi connectivity index (χ1v) is 10.5. The van der Waals surface area contributed by atoms with E-state index in [0.29, 0.717) is 17.8 Å². The van der Waals surface area contributed by atoms with E-state index in [0.717, 1.165) is 30.4 Å². The van der Waals surface area contributed by atoms with E-state index >= 15 is 0 Å². The zero-order chi connectivity index (χ0) is 18.5. The highest BCUT2D eigenvalue weighted by atomic mass is 16.5. The molecule has 0 bridgehead atoms. The van der Waals surface area contributed by atoms with Crippen LogP contribution in [0.2, 0.25) is 0 Å². The topological polar surface area (TPSA) is 32.7 Å². The van der Waals surface area contributed by atoms with Crippen molar-refractivity contribution in [2.45, 2.75) is 64.0 Å². The van der Waals surface area contributed by atoms with Crippen LogP contribution in [0, 0.1) is 23.7 Å². The molecule has 2 aliphatic carbocycles. The lowest BCUT2D eigenvalue weighted by Gasteiger charge is -2.47. The van der Waals surface area contributed by atoms with Crippen LogP contribution in [0.15, 0.2) is 24.3 Å². The van der Waals surface area contributed by atoms with Gasteiger partial charge in [0, 0.05) is 24.5 Å². The van der Waals surface area contributed by atoms with Crippen LogP contribution in [0.5, 0.6) is 5.75 Å². The van der Waals surface area contributed by atoms with Crippen molar-refractivity contribution in [1.82, 2.24) is 4.90 Å². The molecule has 1 heterocycles. The van der Waals surface area contributed by atoms with Gasteiger partial charge in [0.25, 0.3) is 0 Å². The quantitative estimate of drug-likeness (QED) is 0.872. The minimum atomic E-state index is -0.142. The molecule has 1 saturated heterocycles. The zero-order valence-electron chi connectivity index (χ0n) is 16.8. The maximum atomic E-state index is 10.7. The van der Waals surface area contributed by atoms with Crippen LogP contribution in [0.25, 0.3) is 0 Å². The van der Waals surface area contributed by atoms with Crippen molar-refractivity contribution in [3.05, 3.63) is 29.8 Å². The van der Waals surface area contributed by atoms with E-state index in [-0.39, 0.29) is 11.6 Å². The molecule has 1 aliphatic heterocycles. The highest BCUT2D eigenvalue weighted by molar-refractivity contribution is 5.38. The van der Waals surface area contributed by atoms with Gasteiger partial charge < -0.3 is 9.84 Å². The second-order valence-electron chi connectivity index (χ2n) is 9.66. The second kappa shape index (κ2) is 6.83. The molecule has 0 amide bonds. The number of hydrogen-bond acceptors (Lipinski definition) is 3. The highest BCUT2D eigenvalue weighted by Crippen LogP contribution is 2.55. The number of para-hydroxylation sites is 1. The molecular weight excluding hydrogens is 322 g/mol. The lowest BCUT2D eigenvalue weighted by molar-refractivity contribution is -0.0378. The van der Waals surface area contributed by atoms with E-state index in [2.05, 4.69) is 49.9 Å². The Balaban J connectivity index is 1.47. The van der Waals surface area contributed by atoms with Gasteiger partial charge in [0.05, 0.1) is 13.2 Å². The summed E-state index contributed by atoms with van der Waals surface area (Å²) in [6.45, 7) is 9.39. The van der Waals surface area contributed by atoms with E-state index in [4.69, 9.17) is 4.74 Å². The number of nitrogens with zero attached hydrogens (tertiary/aromatic N) is 1. The summed E-state index contributed by atoms with van der Waals surface area (Å²) in [4.78, 5) is 2.70. The average molecular weight is 358 g/mol. The van der Waals surface area contributed by atoms with Crippen LogP contribution in [0.1, 0.15) is 57.9 Å². The molecule has 3 nitrogen and oxygen atoms in total. The summed E-state index contributed by atoms with van der Waals surface area (Å²) in [5.74, 6) is 4.30. The van der Waals surface area contributed by atoms with Crippen LogP contribution in [0.4, 0.5) is 0 Å². The number of aliphatic hydroxyl groups excluding tert-OH is 1. The monoisotopic (exact) mass is 357 g/mol. The zero-order valence-corrected chi connectivity index (χ0v) is 16.8. The molecule has 144 valence electrons. The van der Waals surface area contributed by atoms with E-state index in [9.17, 15) is 5.11 Å². The molecular formula is C23H35NO2. The van der Waals surface area contributed by atoms with E-state index in [1.54, 1.807) is 7.11 Å². The van der Waals surface area contributed by atoms with Crippen molar-refractivity contribution in [3.63, 3.8) is 0 Å². The summed E-state index contributed by atoms with van der Waals surface area (Å²) in [6.07, 6.45) is 4.53. The van der Waals surface area contributed by atoms with E-state index in [1.165, 1.54) is 31.5 Å². The van der Waals surface area contributed by atoms with Crippen molar-refractivity contribution >= 4 is 0 Å². The molecule has 26 heavy (non-hydrogen) atoms. The van der Waals surface area contributed by atoms with Gasteiger partial charge in [-0.15, -0.1) is 0 Å². The van der Waals surface area contributed by atoms with Crippen molar-refractivity contribution in [2.75, 3.05) is 20.2 Å². The molecule has 1 aromatic carbocycles. The molecule has 0 spiro atoms. The summed E-state index contributed by atoms with van der Waals surface area (Å²) < 4.78 is 5.62. The van der Waals surface area contributed by atoms with Crippen molar-refractivity contribution in [3.8, 4) is 5.75 Å². The van der Waals surface area contributed by atoms with E-state index < -0.39 is 0 Å². The largest absolute Gasteiger partial charge is 0.496 e. The Kier molecular flexibility index (Phi) is 4.81. The first-order chi connectivity index (χ1) is 12.4. The molecule has 3 fully saturated rings. The lowest BCUT2D eigenvalue weighted by atomic mass is 9.64. The second-order valence-corrected chi connectivity index (χ2v) is 9.66. The van der Waals surface area contributed by atoms with Crippen LogP contribution in [0.3, 0.4) is 0 Å². The van der Waals surface area contributed by atoms with Gasteiger partial charge in [-0.25, -0.2) is 0 Å². The molecule has 6 atom stereocenters. The molecule has 1 aromatic rings. The Bertz CT molecular complexity index is 643. The van der Waals surface area contributed by atoms with Gasteiger partial charge in [0.1, 0.15) is 5.75 Å². The summed E-state index contributed by atoms with van der Waals surface area (Å²) in [7, 11) is 1.78. The molecule has 3 heteroatoms. The number of likely N-dealkylation sites (tertiary alicyclic amines) is 1. The molecule has 0 radical (unpaired) electrons. The van der Waals surface area contributed by atoms with Gasteiger partial charge in [-0.05, 0) is 68.4 Å². The Morgan fingerprint density at radius 1 is 1.12 bits per heavy atom. The fourth-order valence-electron chi connectivity index (χ4n) is 6.12. The number of fused-ring (bicyclic) bond motifs is 1. The highest BCUT2D eigenvalue weighted by Gasteiger charge is 2.53. The SMILES string of the molecule is COc1ccccc1[C@H]1C[C@@H]2CN(C(C)(C)[C@@H]3CC[C@@H](C)C[C@H]3O)C[C@@H]21. The van der Waals surface area contributed by atoms with Crippen LogP contribution in [-0.2, 0) is 0 Å². The van der Waals surface area contributed by atoms with E-state index in [1.807, 2.05) is 0 Å². The van der Waals surface area contributed by atoms with Crippen LogP contribution < -0.4 is 4.74 Å². The number of rotatable bonds is 4. The first-order valence-electron chi connectivity index (χ1n) is 10.5. The number of ether oxygens (including phenoxy) is 1. The molecule has 3 aliphatic rings. The smallest absolute Gasteiger partial charge is 0.122 e. The Hall–Kier alpha value is -1.06. The van der Waals surface area contributed by atoms with Crippen LogP contribution >= 0.6 is 0 Å². The predicted molar refractivity (Wildman–Crippen MR) is 105 cm³/mol. The molecule has 4 rings (SSSR count). The lowest BCUT2D eigenvalue weighted by Crippen LogP contribution is -2.53. The van der Waals surface area contributed by atoms with Crippen molar-refractivity contribution in [1.29, 1.82) is 0 Å². The number of aliphatic hydroxyl groups is 1. The van der Waals surface area contributed by atoms with Gasteiger partial charge in [0.2, 0.25) is 0 Å². The predicted octanol–water partition coefficient (Wildman–Crippen LogP) is 4.31. The van der Waals surface area contributed by atoms with Gasteiger partial charge in [-0.1, -0.05) is 31.5 Å². The van der Waals surface area contributed by atoms with Gasteiger partial charge in [-0.3, -0.25) is 4.90 Å². The fourth-order valence-corrected chi connectivity index (χ4v) is 6.12. The third-order valence-electron chi connectivity index (χ3n) is 7.90. The van der Waals surface area contributed by atoms with Crippen molar-refractivity contribution in [2.24, 2.45) is 23.7 Å². The summed E-state index contributed by atoms with van der Waals surface area (Å²) in [5.41, 5.74) is 1.48. The molecule has 0 unspecified atom stereocenters.